The van der Waals surface area contributed by atoms with Gasteiger partial charge in [-0.15, -0.1) is 0 Å². The predicted molar refractivity (Wildman–Crippen MR) is 104 cm³/mol. The number of imide groups is 1. The first kappa shape index (κ1) is 20.8. The summed E-state index contributed by atoms with van der Waals surface area (Å²) in [5.74, 6) is -1.47. The summed E-state index contributed by atoms with van der Waals surface area (Å²) in [5.41, 5.74) is 1.29. The summed E-state index contributed by atoms with van der Waals surface area (Å²) in [6.45, 7) is 1.66. The second-order valence-corrected chi connectivity index (χ2v) is 6.33. The number of rotatable bonds is 8. The molecule has 1 heterocycles. The van der Waals surface area contributed by atoms with E-state index in [9.17, 15) is 18.8 Å². The molecular formula is C21H19FN2O6. The van der Waals surface area contributed by atoms with Gasteiger partial charge < -0.3 is 19.9 Å². The van der Waals surface area contributed by atoms with Gasteiger partial charge in [0.25, 0.3) is 5.91 Å². The SMILES string of the molecule is CCOc1cc(/C=C2/NC(=O)N(CC(=O)O)C2=O)ccc1OCc1ccc(F)cc1. The van der Waals surface area contributed by atoms with Crippen molar-refractivity contribution < 1.29 is 33.4 Å². The fourth-order valence-electron chi connectivity index (χ4n) is 2.76. The van der Waals surface area contributed by atoms with E-state index in [1.807, 2.05) is 0 Å². The first-order valence-corrected chi connectivity index (χ1v) is 9.07. The fourth-order valence-corrected chi connectivity index (χ4v) is 2.76. The highest BCUT2D eigenvalue weighted by atomic mass is 19.1. The van der Waals surface area contributed by atoms with Gasteiger partial charge in [0.15, 0.2) is 11.5 Å². The summed E-state index contributed by atoms with van der Waals surface area (Å²) in [7, 11) is 0. The number of aliphatic carboxylic acids is 1. The van der Waals surface area contributed by atoms with Crippen LogP contribution >= 0.6 is 0 Å². The van der Waals surface area contributed by atoms with Gasteiger partial charge in [-0.3, -0.25) is 9.59 Å². The molecule has 8 nitrogen and oxygen atoms in total. The number of ether oxygens (including phenoxy) is 2. The molecule has 156 valence electrons. The Morgan fingerprint density at radius 1 is 1.13 bits per heavy atom. The lowest BCUT2D eigenvalue weighted by Crippen LogP contribution is -2.35. The molecule has 0 saturated carbocycles. The molecule has 9 heteroatoms. The molecule has 0 bridgehead atoms. The van der Waals surface area contributed by atoms with Crippen molar-refractivity contribution in [2.45, 2.75) is 13.5 Å². The smallest absolute Gasteiger partial charge is 0.329 e. The van der Waals surface area contributed by atoms with Crippen LogP contribution in [0.5, 0.6) is 11.5 Å². The fraction of sp³-hybridized carbons (Fsp3) is 0.190. The third-order valence-corrected chi connectivity index (χ3v) is 4.14. The molecule has 0 atom stereocenters. The molecule has 0 unspecified atom stereocenters. The molecule has 1 aliphatic rings. The van der Waals surface area contributed by atoms with Crippen LogP contribution in [-0.4, -0.2) is 41.1 Å². The third kappa shape index (κ3) is 4.93. The number of hydrogen-bond acceptors (Lipinski definition) is 5. The minimum absolute atomic E-state index is 0.0383. The number of urea groups is 1. The average Bonchev–Trinajstić information content (AvgIpc) is 2.96. The van der Waals surface area contributed by atoms with Gasteiger partial charge in [0.1, 0.15) is 24.7 Å². The molecule has 3 amide bonds. The van der Waals surface area contributed by atoms with E-state index in [-0.39, 0.29) is 18.1 Å². The van der Waals surface area contributed by atoms with Crippen LogP contribution in [0.1, 0.15) is 18.1 Å². The normalized spacial score (nSPS) is 14.7. The molecule has 2 N–H and O–H groups in total. The lowest BCUT2D eigenvalue weighted by atomic mass is 10.1. The van der Waals surface area contributed by atoms with Gasteiger partial charge in [-0.25, -0.2) is 14.1 Å². The maximum atomic E-state index is 13.0. The Bertz CT molecular complexity index is 1000. The number of carbonyl (C=O) groups is 3. The summed E-state index contributed by atoms with van der Waals surface area (Å²) < 4.78 is 24.4. The number of carbonyl (C=O) groups excluding carboxylic acids is 2. The minimum Gasteiger partial charge on any atom is -0.490 e. The zero-order valence-electron chi connectivity index (χ0n) is 16.1. The largest absolute Gasteiger partial charge is 0.490 e. The molecule has 1 saturated heterocycles. The number of halogens is 1. The van der Waals surface area contributed by atoms with Gasteiger partial charge in [-0.1, -0.05) is 18.2 Å². The van der Waals surface area contributed by atoms with Crippen molar-refractivity contribution in [3.05, 3.63) is 65.1 Å². The maximum Gasteiger partial charge on any atom is 0.329 e. The highest BCUT2D eigenvalue weighted by molar-refractivity contribution is 6.15. The van der Waals surface area contributed by atoms with E-state index in [2.05, 4.69) is 5.32 Å². The Kier molecular flexibility index (Phi) is 6.31. The second kappa shape index (κ2) is 9.08. The van der Waals surface area contributed by atoms with Crippen molar-refractivity contribution >= 4 is 24.0 Å². The number of hydrogen-bond donors (Lipinski definition) is 2. The monoisotopic (exact) mass is 414 g/mol. The van der Waals surface area contributed by atoms with Crippen LogP contribution < -0.4 is 14.8 Å². The number of carboxylic acids is 1. The van der Waals surface area contributed by atoms with E-state index >= 15 is 0 Å². The lowest BCUT2D eigenvalue weighted by Gasteiger charge is -2.13. The molecular weight excluding hydrogens is 395 g/mol. The van der Waals surface area contributed by atoms with Gasteiger partial charge in [-0.2, -0.15) is 0 Å². The van der Waals surface area contributed by atoms with Gasteiger partial charge in [0, 0.05) is 0 Å². The number of carboxylic acid groups (broad SMARTS) is 1. The second-order valence-electron chi connectivity index (χ2n) is 6.33. The quantitative estimate of drug-likeness (QED) is 0.508. The Balaban J connectivity index is 1.78. The molecule has 0 aliphatic carbocycles. The average molecular weight is 414 g/mol. The van der Waals surface area contributed by atoms with E-state index < -0.39 is 24.5 Å². The van der Waals surface area contributed by atoms with Crippen molar-refractivity contribution in [1.82, 2.24) is 10.2 Å². The van der Waals surface area contributed by atoms with Gasteiger partial charge in [-0.05, 0) is 48.4 Å². The number of nitrogens with one attached hydrogen (secondary N) is 1. The van der Waals surface area contributed by atoms with Crippen LogP contribution in [-0.2, 0) is 16.2 Å². The van der Waals surface area contributed by atoms with Crippen LogP contribution in [0.2, 0.25) is 0 Å². The minimum atomic E-state index is -1.29. The van der Waals surface area contributed by atoms with Crippen LogP contribution in [0.15, 0.2) is 48.2 Å². The van der Waals surface area contributed by atoms with E-state index in [1.54, 1.807) is 37.3 Å². The third-order valence-electron chi connectivity index (χ3n) is 4.14. The molecule has 0 aromatic heterocycles. The standard InChI is InChI=1S/C21H19FN2O6/c1-2-29-18-10-14(9-16-20(27)24(11-19(25)26)21(28)23-16)5-8-17(18)30-12-13-3-6-15(22)7-4-13/h3-10H,2,11-12H2,1H3,(H,23,28)(H,25,26)/b16-9+. The summed E-state index contributed by atoms with van der Waals surface area (Å²) in [5, 5.41) is 11.2. The summed E-state index contributed by atoms with van der Waals surface area (Å²) >= 11 is 0. The van der Waals surface area contributed by atoms with Crippen molar-refractivity contribution in [3.8, 4) is 11.5 Å². The number of benzene rings is 2. The topological polar surface area (TPSA) is 105 Å². The summed E-state index contributed by atoms with van der Waals surface area (Å²) in [6, 6.07) is 10.1. The predicted octanol–water partition coefficient (Wildman–Crippen LogP) is 2.78. The van der Waals surface area contributed by atoms with Gasteiger partial charge in [0.05, 0.1) is 6.61 Å². The summed E-state index contributed by atoms with van der Waals surface area (Å²) in [6.07, 6.45) is 1.42. The Hall–Kier alpha value is -3.88. The lowest BCUT2D eigenvalue weighted by molar-refractivity contribution is -0.140. The zero-order chi connectivity index (χ0) is 21.7. The molecule has 0 radical (unpaired) electrons. The highest BCUT2D eigenvalue weighted by Crippen LogP contribution is 2.30. The van der Waals surface area contributed by atoms with E-state index in [1.165, 1.54) is 18.2 Å². The molecule has 2 aromatic rings. The van der Waals surface area contributed by atoms with Crippen LogP contribution in [0.25, 0.3) is 6.08 Å². The van der Waals surface area contributed by atoms with E-state index in [0.717, 1.165) is 5.56 Å². The molecule has 0 spiro atoms. The van der Waals surface area contributed by atoms with Crippen LogP contribution in [0.3, 0.4) is 0 Å². The highest BCUT2D eigenvalue weighted by Gasteiger charge is 2.34. The molecule has 30 heavy (non-hydrogen) atoms. The van der Waals surface area contributed by atoms with Gasteiger partial charge in [0.2, 0.25) is 0 Å². The zero-order valence-corrected chi connectivity index (χ0v) is 16.1. The van der Waals surface area contributed by atoms with Crippen molar-refractivity contribution in [1.29, 1.82) is 0 Å². The van der Waals surface area contributed by atoms with Gasteiger partial charge >= 0.3 is 12.0 Å². The number of amides is 3. The Morgan fingerprint density at radius 3 is 2.53 bits per heavy atom. The molecule has 1 aliphatic heterocycles. The van der Waals surface area contributed by atoms with Crippen LogP contribution in [0, 0.1) is 5.82 Å². The van der Waals surface area contributed by atoms with Crippen LogP contribution in [0.4, 0.5) is 9.18 Å². The van der Waals surface area contributed by atoms with E-state index in [0.29, 0.717) is 28.6 Å². The molecule has 1 fully saturated rings. The van der Waals surface area contributed by atoms with Crippen molar-refractivity contribution in [2.24, 2.45) is 0 Å². The Morgan fingerprint density at radius 2 is 1.87 bits per heavy atom. The summed E-state index contributed by atoms with van der Waals surface area (Å²) in [4.78, 5) is 35.5. The van der Waals surface area contributed by atoms with E-state index in [4.69, 9.17) is 14.6 Å². The Labute approximate surface area is 171 Å². The number of nitrogens with zero attached hydrogens (tertiary/aromatic N) is 1. The van der Waals surface area contributed by atoms with Crippen molar-refractivity contribution in [3.63, 3.8) is 0 Å². The maximum absolute atomic E-state index is 13.0. The molecule has 2 aromatic carbocycles. The first-order chi connectivity index (χ1) is 14.4. The first-order valence-electron chi connectivity index (χ1n) is 9.07. The van der Waals surface area contributed by atoms with Crippen molar-refractivity contribution in [2.75, 3.05) is 13.2 Å². The molecule has 3 rings (SSSR count).